The minimum Gasteiger partial charge on any atom is -0.327 e. The van der Waals surface area contributed by atoms with Gasteiger partial charge in [-0.2, -0.15) is 0 Å². The van der Waals surface area contributed by atoms with Crippen LogP contribution >= 0.6 is 0 Å². The van der Waals surface area contributed by atoms with Crippen molar-refractivity contribution >= 4 is 11.0 Å². The molecule has 0 bridgehead atoms. The zero-order chi connectivity index (χ0) is 13.0. The number of nitrogens with two attached hydrogens (primary N) is 1. The van der Waals surface area contributed by atoms with E-state index in [0.29, 0.717) is 0 Å². The lowest BCUT2D eigenvalue weighted by atomic mass is 10.1. The van der Waals surface area contributed by atoms with E-state index in [9.17, 15) is 0 Å². The van der Waals surface area contributed by atoms with Crippen LogP contribution < -0.4 is 5.73 Å². The van der Waals surface area contributed by atoms with Gasteiger partial charge in [0.1, 0.15) is 0 Å². The predicted molar refractivity (Wildman–Crippen MR) is 74.4 cm³/mol. The molecule has 4 nitrogen and oxygen atoms in total. The van der Waals surface area contributed by atoms with E-state index in [4.69, 9.17) is 5.73 Å². The Labute approximate surface area is 108 Å². The zero-order valence-corrected chi connectivity index (χ0v) is 11.0. The highest BCUT2D eigenvalue weighted by molar-refractivity contribution is 5.73. The van der Waals surface area contributed by atoms with Gasteiger partial charge in [-0.1, -0.05) is 0 Å². The number of hydrogen-bond acceptors (Lipinski definition) is 4. The SMILES string of the molecule is CN(C)CC(N)CCc1ccc2ncccc2n1. The molecule has 0 aliphatic heterocycles. The average Bonchev–Trinajstić information content (AvgIpc) is 2.35. The standard InChI is InChI=1S/C14H20N4/c1-18(2)10-11(15)5-6-12-7-8-13-14(17-12)4-3-9-16-13/h3-4,7-9,11H,5-6,10,15H2,1-2H3. The largest absolute Gasteiger partial charge is 0.327 e. The summed E-state index contributed by atoms with van der Waals surface area (Å²) in [5.41, 5.74) is 9.04. The maximum Gasteiger partial charge on any atom is 0.0889 e. The third-order valence-corrected chi connectivity index (χ3v) is 2.88. The van der Waals surface area contributed by atoms with Crippen molar-refractivity contribution in [1.29, 1.82) is 0 Å². The fourth-order valence-electron chi connectivity index (χ4n) is 2.03. The summed E-state index contributed by atoms with van der Waals surface area (Å²) in [5, 5.41) is 0. The van der Waals surface area contributed by atoms with E-state index in [0.717, 1.165) is 36.1 Å². The van der Waals surface area contributed by atoms with Crippen molar-refractivity contribution in [2.24, 2.45) is 5.73 Å². The maximum absolute atomic E-state index is 6.05. The normalized spacial score (nSPS) is 13.1. The van der Waals surface area contributed by atoms with Crippen LogP contribution in [0.25, 0.3) is 11.0 Å². The molecule has 0 aliphatic rings. The van der Waals surface area contributed by atoms with E-state index < -0.39 is 0 Å². The Bertz CT molecular complexity index is 510. The number of aryl methyl sites for hydroxylation is 1. The van der Waals surface area contributed by atoms with Gasteiger partial charge in [-0.3, -0.25) is 9.97 Å². The van der Waals surface area contributed by atoms with Crippen molar-refractivity contribution in [3.8, 4) is 0 Å². The van der Waals surface area contributed by atoms with Crippen LogP contribution in [0.3, 0.4) is 0 Å². The smallest absolute Gasteiger partial charge is 0.0889 e. The van der Waals surface area contributed by atoms with Crippen molar-refractivity contribution in [1.82, 2.24) is 14.9 Å². The molecule has 2 N–H and O–H groups in total. The van der Waals surface area contributed by atoms with E-state index in [2.05, 4.69) is 14.9 Å². The molecule has 96 valence electrons. The number of nitrogens with zero attached hydrogens (tertiary/aromatic N) is 3. The fraction of sp³-hybridized carbons (Fsp3) is 0.429. The highest BCUT2D eigenvalue weighted by atomic mass is 15.1. The van der Waals surface area contributed by atoms with Crippen LogP contribution in [0.5, 0.6) is 0 Å². The molecule has 2 rings (SSSR count). The van der Waals surface area contributed by atoms with E-state index >= 15 is 0 Å². The first-order valence-electron chi connectivity index (χ1n) is 6.26. The van der Waals surface area contributed by atoms with E-state index in [1.807, 2.05) is 38.4 Å². The first-order valence-corrected chi connectivity index (χ1v) is 6.26. The van der Waals surface area contributed by atoms with Gasteiger partial charge in [0, 0.05) is 24.5 Å². The first kappa shape index (κ1) is 12.9. The topological polar surface area (TPSA) is 55.0 Å². The monoisotopic (exact) mass is 244 g/mol. The lowest BCUT2D eigenvalue weighted by Crippen LogP contribution is -2.33. The Morgan fingerprint density at radius 1 is 1.22 bits per heavy atom. The molecule has 2 heterocycles. The Morgan fingerprint density at radius 3 is 2.83 bits per heavy atom. The second kappa shape index (κ2) is 5.89. The van der Waals surface area contributed by atoms with E-state index in [-0.39, 0.29) is 6.04 Å². The lowest BCUT2D eigenvalue weighted by Gasteiger charge is -2.16. The van der Waals surface area contributed by atoms with Crippen molar-refractivity contribution in [3.05, 3.63) is 36.2 Å². The van der Waals surface area contributed by atoms with Crippen LogP contribution in [-0.4, -0.2) is 41.5 Å². The predicted octanol–water partition coefficient (Wildman–Crippen LogP) is 1.45. The molecule has 0 amide bonds. The minimum absolute atomic E-state index is 0.200. The van der Waals surface area contributed by atoms with Crippen molar-refractivity contribution in [3.63, 3.8) is 0 Å². The lowest BCUT2D eigenvalue weighted by molar-refractivity contribution is 0.363. The van der Waals surface area contributed by atoms with Crippen LogP contribution in [0.1, 0.15) is 12.1 Å². The molecule has 0 fully saturated rings. The number of hydrogen-bond donors (Lipinski definition) is 1. The second-order valence-electron chi connectivity index (χ2n) is 4.91. The Kier molecular flexibility index (Phi) is 4.23. The highest BCUT2D eigenvalue weighted by Gasteiger charge is 2.05. The van der Waals surface area contributed by atoms with Gasteiger partial charge in [0.15, 0.2) is 0 Å². The van der Waals surface area contributed by atoms with E-state index in [1.54, 1.807) is 6.20 Å². The van der Waals surface area contributed by atoms with Crippen molar-refractivity contribution in [2.45, 2.75) is 18.9 Å². The van der Waals surface area contributed by atoms with Crippen LogP contribution in [0, 0.1) is 0 Å². The van der Waals surface area contributed by atoms with Crippen molar-refractivity contribution < 1.29 is 0 Å². The summed E-state index contributed by atoms with van der Waals surface area (Å²) in [4.78, 5) is 11.0. The molecule has 0 saturated heterocycles. The van der Waals surface area contributed by atoms with Gasteiger partial charge in [0.05, 0.1) is 11.0 Å². The molecular formula is C14H20N4. The molecular weight excluding hydrogens is 224 g/mol. The molecule has 0 saturated carbocycles. The molecule has 2 aromatic rings. The van der Waals surface area contributed by atoms with Gasteiger partial charge in [-0.15, -0.1) is 0 Å². The van der Waals surface area contributed by atoms with Gasteiger partial charge in [-0.25, -0.2) is 0 Å². The summed E-state index contributed by atoms with van der Waals surface area (Å²) >= 11 is 0. The number of aromatic nitrogens is 2. The summed E-state index contributed by atoms with van der Waals surface area (Å²) in [5.74, 6) is 0. The molecule has 0 aromatic carbocycles. The van der Waals surface area contributed by atoms with Crippen LogP contribution in [0.2, 0.25) is 0 Å². The summed E-state index contributed by atoms with van der Waals surface area (Å²) < 4.78 is 0. The summed E-state index contributed by atoms with van der Waals surface area (Å²) in [6.45, 7) is 0.912. The van der Waals surface area contributed by atoms with Crippen LogP contribution in [0.15, 0.2) is 30.5 Å². The maximum atomic E-state index is 6.05. The quantitative estimate of drug-likeness (QED) is 0.865. The minimum atomic E-state index is 0.200. The summed E-state index contributed by atoms with van der Waals surface area (Å²) in [6, 6.07) is 8.17. The molecule has 4 heteroatoms. The first-order chi connectivity index (χ1) is 8.65. The Balaban J connectivity index is 1.99. The zero-order valence-electron chi connectivity index (χ0n) is 11.0. The van der Waals surface area contributed by atoms with E-state index in [1.165, 1.54) is 0 Å². The van der Waals surface area contributed by atoms with Gasteiger partial charge < -0.3 is 10.6 Å². The molecule has 0 radical (unpaired) electrons. The molecule has 0 spiro atoms. The Hall–Kier alpha value is -1.52. The number of fused-ring (bicyclic) bond motifs is 1. The van der Waals surface area contributed by atoms with Crippen LogP contribution in [0.4, 0.5) is 0 Å². The second-order valence-corrected chi connectivity index (χ2v) is 4.91. The van der Waals surface area contributed by atoms with Gasteiger partial charge in [0.2, 0.25) is 0 Å². The Morgan fingerprint density at radius 2 is 2.06 bits per heavy atom. The highest BCUT2D eigenvalue weighted by Crippen LogP contribution is 2.10. The van der Waals surface area contributed by atoms with Gasteiger partial charge >= 0.3 is 0 Å². The van der Waals surface area contributed by atoms with Gasteiger partial charge in [-0.05, 0) is 51.2 Å². The molecule has 2 aromatic heterocycles. The summed E-state index contributed by atoms with van der Waals surface area (Å²) in [6.07, 6.45) is 3.66. The molecule has 0 aliphatic carbocycles. The molecule has 1 unspecified atom stereocenters. The number of pyridine rings is 2. The average molecular weight is 244 g/mol. The number of rotatable bonds is 5. The number of likely N-dealkylation sites (N-methyl/N-ethyl adjacent to an activating group) is 1. The summed E-state index contributed by atoms with van der Waals surface area (Å²) in [7, 11) is 4.08. The third-order valence-electron chi connectivity index (χ3n) is 2.88. The fourth-order valence-corrected chi connectivity index (χ4v) is 2.03. The molecule has 18 heavy (non-hydrogen) atoms. The molecule has 1 atom stereocenters. The van der Waals surface area contributed by atoms with Crippen LogP contribution in [-0.2, 0) is 6.42 Å². The van der Waals surface area contributed by atoms with Crippen molar-refractivity contribution in [2.75, 3.05) is 20.6 Å². The van der Waals surface area contributed by atoms with Gasteiger partial charge in [0.25, 0.3) is 0 Å². The third kappa shape index (κ3) is 3.48.